The molecule has 0 bridgehead atoms. The quantitative estimate of drug-likeness (QED) is 0.725. The summed E-state index contributed by atoms with van der Waals surface area (Å²) in [5.41, 5.74) is 0. The number of anilines is 2. The first kappa shape index (κ1) is 12.0. The van der Waals surface area contributed by atoms with Gasteiger partial charge in [-0.2, -0.15) is 15.0 Å². The fourth-order valence-electron chi connectivity index (χ4n) is 1.09. The van der Waals surface area contributed by atoms with Gasteiger partial charge < -0.3 is 10.6 Å². The van der Waals surface area contributed by atoms with Crippen LogP contribution >= 0.6 is 11.6 Å². The van der Waals surface area contributed by atoms with Crippen LogP contribution in [0, 0.1) is 0 Å². The molecule has 0 unspecified atom stereocenters. The van der Waals surface area contributed by atoms with Gasteiger partial charge in [-0.15, -0.1) is 11.6 Å². The van der Waals surface area contributed by atoms with Crippen LogP contribution < -0.4 is 10.6 Å². The smallest absolute Gasteiger partial charge is 0.227 e. The summed E-state index contributed by atoms with van der Waals surface area (Å²) in [6.45, 7) is 5.57. The monoisotopic (exact) mass is 229 g/mol. The fraction of sp³-hybridized carbons (Fsp3) is 0.667. The van der Waals surface area contributed by atoms with Gasteiger partial charge in [0.05, 0.1) is 0 Å². The predicted molar refractivity (Wildman–Crippen MR) is 62.6 cm³/mol. The van der Waals surface area contributed by atoms with Crippen LogP contribution in [-0.2, 0) is 6.42 Å². The van der Waals surface area contributed by atoms with E-state index in [0.717, 1.165) is 13.1 Å². The minimum Gasteiger partial charge on any atom is -0.354 e. The second-order valence-corrected chi connectivity index (χ2v) is 3.28. The molecule has 1 heterocycles. The van der Waals surface area contributed by atoms with Crippen LogP contribution in [0.5, 0.6) is 0 Å². The number of nitrogens with one attached hydrogen (secondary N) is 2. The highest BCUT2D eigenvalue weighted by Gasteiger charge is 2.04. The van der Waals surface area contributed by atoms with Crippen molar-refractivity contribution < 1.29 is 0 Å². The van der Waals surface area contributed by atoms with Gasteiger partial charge in [0.2, 0.25) is 11.9 Å². The Balaban J connectivity index is 2.86. The molecule has 0 aliphatic carbocycles. The van der Waals surface area contributed by atoms with Gasteiger partial charge in [0, 0.05) is 25.4 Å². The van der Waals surface area contributed by atoms with Crippen LogP contribution in [-0.4, -0.2) is 33.9 Å². The summed E-state index contributed by atoms with van der Waals surface area (Å²) < 4.78 is 0. The average molecular weight is 230 g/mol. The lowest BCUT2D eigenvalue weighted by Gasteiger charge is -2.07. The fourth-order valence-corrected chi connectivity index (χ4v) is 1.26. The molecular formula is C9H16ClN5. The van der Waals surface area contributed by atoms with E-state index in [0.29, 0.717) is 30.0 Å². The predicted octanol–water partition coefficient (Wildman–Crippen LogP) is 1.52. The van der Waals surface area contributed by atoms with Gasteiger partial charge in [0.15, 0.2) is 0 Å². The standard InChI is InChI=1S/C9H16ClN5/c1-3-11-8-13-7(5-6-10)14-9(15-8)12-4-2/h3-6H2,1-2H3,(H2,11,12,13,14,15). The first-order valence-electron chi connectivity index (χ1n) is 5.08. The number of aryl methyl sites for hydroxylation is 1. The van der Waals surface area contributed by atoms with Crippen molar-refractivity contribution >= 4 is 23.5 Å². The molecule has 0 saturated heterocycles. The molecule has 0 atom stereocenters. The molecule has 1 rings (SSSR count). The second kappa shape index (κ2) is 6.40. The van der Waals surface area contributed by atoms with Crippen molar-refractivity contribution in [1.82, 2.24) is 15.0 Å². The molecular weight excluding hydrogens is 214 g/mol. The number of hydrogen-bond acceptors (Lipinski definition) is 5. The van der Waals surface area contributed by atoms with Crippen molar-refractivity contribution in [3.8, 4) is 0 Å². The van der Waals surface area contributed by atoms with E-state index in [2.05, 4.69) is 25.6 Å². The van der Waals surface area contributed by atoms with E-state index in [1.165, 1.54) is 0 Å². The molecule has 0 spiro atoms. The largest absolute Gasteiger partial charge is 0.354 e. The van der Waals surface area contributed by atoms with E-state index < -0.39 is 0 Å². The second-order valence-electron chi connectivity index (χ2n) is 2.90. The van der Waals surface area contributed by atoms with Gasteiger partial charge >= 0.3 is 0 Å². The molecule has 0 aliphatic rings. The molecule has 0 saturated carbocycles. The zero-order valence-electron chi connectivity index (χ0n) is 9.05. The first-order chi connectivity index (χ1) is 7.30. The summed E-state index contributed by atoms with van der Waals surface area (Å²) >= 11 is 5.65. The third-order valence-electron chi connectivity index (χ3n) is 1.67. The number of alkyl halides is 1. The molecule has 1 aromatic heterocycles. The first-order valence-corrected chi connectivity index (χ1v) is 5.62. The van der Waals surface area contributed by atoms with Crippen LogP contribution in [0.15, 0.2) is 0 Å². The van der Waals surface area contributed by atoms with Crippen LogP contribution in [0.25, 0.3) is 0 Å². The molecule has 15 heavy (non-hydrogen) atoms. The van der Waals surface area contributed by atoms with E-state index >= 15 is 0 Å². The van der Waals surface area contributed by atoms with Crippen LogP contribution in [0.3, 0.4) is 0 Å². The minimum absolute atomic E-state index is 0.515. The molecule has 0 radical (unpaired) electrons. The van der Waals surface area contributed by atoms with E-state index in [9.17, 15) is 0 Å². The van der Waals surface area contributed by atoms with Gasteiger partial charge in [0.1, 0.15) is 5.82 Å². The highest BCUT2D eigenvalue weighted by atomic mass is 35.5. The van der Waals surface area contributed by atoms with Gasteiger partial charge in [0.25, 0.3) is 0 Å². The zero-order chi connectivity index (χ0) is 11.1. The highest BCUT2D eigenvalue weighted by Crippen LogP contribution is 2.06. The number of nitrogens with zero attached hydrogens (tertiary/aromatic N) is 3. The molecule has 84 valence electrons. The van der Waals surface area contributed by atoms with Crippen molar-refractivity contribution in [3.05, 3.63) is 5.82 Å². The maximum absolute atomic E-state index is 5.65. The lowest BCUT2D eigenvalue weighted by atomic mass is 10.4. The van der Waals surface area contributed by atoms with Gasteiger partial charge in [-0.25, -0.2) is 0 Å². The van der Waals surface area contributed by atoms with Crippen LogP contribution in [0.4, 0.5) is 11.9 Å². The van der Waals surface area contributed by atoms with Gasteiger partial charge in [-0.1, -0.05) is 0 Å². The number of aromatic nitrogens is 3. The normalized spacial score (nSPS) is 10.1. The Kier molecular flexibility index (Phi) is 5.10. The Morgan fingerprint density at radius 2 is 1.53 bits per heavy atom. The van der Waals surface area contributed by atoms with E-state index in [1.807, 2.05) is 13.8 Å². The molecule has 0 aliphatic heterocycles. The maximum Gasteiger partial charge on any atom is 0.227 e. The Morgan fingerprint density at radius 3 is 1.93 bits per heavy atom. The molecule has 0 amide bonds. The lowest BCUT2D eigenvalue weighted by Crippen LogP contribution is -2.11. The Morgan fingerprint density at radius 1 is 1.00 bits per heavy atom. The number of halogens is 1. The molecule has 0 aromatic carbocycles. The summed E-state index contributed by atoms with van der Waals surface area (Å²) in [6.07, 6.45) is 0.654. The molecule has 2 N–H and O–H groups in total. The van der Waals surface area contributed by atoms with Crippen molar-refractivity contribution in [2.75, 3.05) is 29.6 Å². The molecule has 6 heteroatoms. The zero-order valence-corrected chi connectivity index (χ0v) is 9.80. The van der Waals surface area contributed by atoms with E-state index in [-0.39, 0.29) is 0 Å². The lowest BCUT2D eigenvalue weighted by molar-refractivity contribution is 0.894. The Hall–Kier alpha value is -1.10. The maximum atomic E-state index is 5.65. The van der Waals surface area contributed by atoms with Crippen molar-refractivity contribution in [1.29, 1.82) is 0 Å². The Labute approximate surface area is 94.7 Å². The third kappa shape index (κ3) is 3.87. The van der Waals surface area contributed by atoms with Gasteiger partial charge in [-0.05, 0) is 13.8 Å². The third-order valence-corrected chi connectivity index (χ3v) is 1.86. The average Bonchev–Trinajstić information content (AvgIpc) is 2.19. The molecule has 0 fully saturated rings. The summed E-state index contributed by atoms with van der Waals surface area (Å²) in [6, 6.07) is 0. The number of rotatable bonds is 6. The van der Waals surface area contributed by atoms with Crippen molar-refractivity contribution in [2.24, 2.45) is 0 Å². The molecule has 1 aromatic rings. The van der Waals surface area contributed by atoms with Crippen LogP contribution in [0.1, 0.15) is 19.7 Å². The highest BCUT2D eigenvalue weighted by molar-refractivity contribution is 6.17. The van der Waals surface area contributed by atoms with Crippen LogP contribution in [0.2, 0.25) is 0 Å². The van der Waals surface area contributed by atoms with E-state index in [1.54, 1.807) is 0 Å². The summed E-state index contributed by atoms with van der Waals surface area (Å²) in [5.74, 6) is 2.43. The van der Waals surface area contributed by atoms with Crippen molar-refractivity contribution in [2.45, 2.75) is 20.3 Å². The van der Waals surface area contributed by atoms with Gasteiger partial charge in [-0.3, -0.25) is 0 Å². The minimum atomic E-state index is 0.515. The molecule has 5 nitrogen and oxygen atoms in total. The summed E-state index contributed by atoms with van der Waals surface area (Å²) in [5, 5.41) is 6.12. The Bertz CT molecular complexity index is 245. The summed E-state index contributed by atoms with van der Waals surface area (Å²) in [4.78, 5) is 12.7. The topological polar surface area (TPSA) is 62.7 Å². The van der Waals surface area contributed by atoms with Crippen molar-refractivity contribution in [3.63, 3.8) is 0 Å². The van der Waals surface area contributed by atoms with E-state index in [4.69, 9.17) is 11.6 Å². The number of hydrogen-bond donors (Lipinski definition) is 2. The SMILES string of the molecule is CCNc1nc(CCCl)nc(NCC)n1. The summed E-state index contributed by atoms with van der Waals surface area (Å²) in [7, 11) is 0.